The quantitative estimate of drug-likeness (QED) is 0.497. The van der Waals surface area contributed by atoms with Crippen molar-refractivity contribution in [3.8, 4) is 0 Å². The van der Waals surface area contributed by atoms with E-state index in [4.69, 9.17) is 4.74 Å². The molecule has 0 aliphatic heterocycles. The number of thioether (sulfide) groups is 1. The highest BCUT2D eigenvalue weighted by molar-refractivity contribution is 7.99. The lowest BCUT2D eigenvalue weighted by Crippen LogP contribution is -2.30. The van der Waals surface area contributed by atoms with Crippen LogP contribution in [0.25, 0.3) is 0 Å². The summed E-state index contributed by atoms with van der Waals surface area (Å²) in [6, 6.07) is 12.9. The van der Waals surface area contributed by atoms with Crippen LogP contribution < -0.4 is 10.6 Å². The van der Waals surface area contributed by atoms with E-state index in [2.05, 4.69) is 36.6 Å². The van der Waals surface area contributed by atoms with Gasteiger partial charge in [-0.15, -0.1) is 11.8 Å². The summed E-state index contributed by atoms with van der Waals surface area (Å²) < 4.78 is 5.22. The highest BCUT2D eigenvalue weighted by Crippen LogP contribution is 2.22. The van der Waals surface area contributed by atoms with Crippen LogP contribution in [0, 0.1) is 13.8 Å². The van der Waals surface area contributed by atoms with Gasteiger partial charge in [0.2, 0.25) is 5.91 Å². The van der Waals surface area contributed by atoms with Crippen molar-refractivity contribution in [2.75, 3.05) is 16.4 Å². The van der Waals surface area contributed by atoms with Gasteiger partial charge >= 0.3 is 5.97 Å². The summed E-state index contributed by atoms with van der Waals surface area (Å²) in [6.45, 7) is 7.08. The van der Waals surface area contributed by atoms with Crippen molar-refractivity contribution in [1.82, 2.24) is 0 Å². The fourth-order valence-electron chi connectivity index (χ4n) is 2.45. The first-order valence-corrected chi connectivity index (χ1v) is 10.3. The molecule has 2 aromatic rings. The Morgan fingerprint density at radius 2 is 1.59 bits per heavy atom. The summed E-state index contributed by atoms with van der Waals surface area (Å²) in [5.74, 6) is -0.407. The van der Waals surface area contributed by atoms with Gasteiger partial charge in [0.15, 0.2) is 6.10 Å². The lowest BCUT2D eigenvalue weighted by Gasteiger charge is -2.14. The molecule has 7 heteroatoms. The Labute approximate surface area is 175 Å². The molecule has 6 nitrogen and oxygen atoms in total. The fourth-order valence-corrected chi connectivity index (χ4v) is 3.38. The van der Waals surface area contributed by atoms with E-state index in [-0.39, 0.29) is 12.3 Å². The van der Waals surface area contributed by atoms with Crippen LogP contribution in [-0.4, -0.2) is 29.6 Å². The van der Waals surface area contributed by atoms with Crippen molar-refractivity contribution in [1.29, 1.82) is 0 Å². The zero-order valence-electron chi connectivity index (χ0n) is 17.1. The molecule has 0 unspecified atom stereocenters. The standard InChI is InChI=1S/C22H26N2O4S/c1-14-5-10-20(13-15(14)2)29-12-11-21(26)28-16(3)22(27)24-19-8-6-18(7-9-19)23-17(4)25/h5-10,13,16H,11-12H2,1-4H3,(H,23,25)(H,24,27)/t16-/m1/s1. The van der Waals surface area contributed by atoms with Gasteiger partial charge in [-0.1, -0.05) is 6.07 Å². The number of rotatable bonds is 8. The molecule has 2 N–H and O–H groups in total. The molecule has 0 bridgehead atoms. The second kappa shape index (κ2) is 10.7. The zero-order valence-corrected chi connectivity index (χ0v) is 17.9. The summed E-state index contributed by atoms with van der Waals surface area (Å²) in [5.41, 5.74) is 3.64. The molecule has 154 valence electrons. The van der Waals surface area contributed by atoms with E-state index in [1.807, 2.05) is 6.07 Å². The van der Waals surface area contributed by atoms with Crippen molar-refractivity contribution in [2.45, 2.75) is 45.1 Å². The number of nitrogens with one attached hydrogen (secondary N) is 2. The van der Waals surface area contributed by atoms with Crippen molar-refractivity contribution in [3.05, 3.63) is 53.6 Å². The first kappa shape index (κ1) is 22.5. The molecule has 0 heterocycles. The van der Waals surface area contributed by atoms with Crippen LogP contribution in [0.4, 0.5) is 11.4 Å². The minimum Gasteiger partial charge on any atom is -0.453 e. The van der Waals surface area contributed by atoms with Gasteiger partial charge in [-0.05, 0) is 68.3 Å². The molecular formula is C22H26N2O4S. The van der Waals surface area contributed by atoms with Crippen LogP contribution in [0.5, 0.6) is 0 Å². The number of hydrogen-bond donors (Lipinski definition) is 2. The van der Waals surface area contributed by atoms with Gasteiger partial charge in [0.1, 0.15) is 0 Å². The number of carbonyl (C=O) groups excluding carboxylic acids is 3. The minimum absolute atomic E-state index is 0.169. The fraction of sp³-hybridized carbons (Fsp3) is 0.318. The van der Waals surface area contributed by atoms with Crippen LogP contribution in [0.1, 0.15) is 31.4 Å². The molecule has 0 radical (unpaired) electrons. The molecule has 2 rings (SSSR count). The van der Waals surface area contributed by atoms with Gasteiger partial charge in [0, 0.05) is 28.9 Å². The van der Waals surface area contributed by atoms with E-state index in [1.165, 1.54) is 25.0 Å². The van der Waals surface area contributed by atoms with Gasteiger partial charge in [0.05, 0.1) is 6.42 Å². The highest BCUT2D eigenvalue weighted by atomic mass is 32.2. The monoisotopic (exact) mass is 414 g/mol. The van der Waals surface area contributed by atoms with Crippen LogP contribution in [0.15, 0.2) is 47.4 Å². The number of carbonyl (C=O) groups is 3. The Hall–Kier alpha value is -2.80. The average molecular weight is 415 g/mol. The normalized spacial score (nSPS) is 11.4. The third-order valence-corrected chi connectivity index (χ3v) is 5.20. The Bertz CT molecular complexity index is 881. The predicted octanol–water partition coefficient (Wildman–Crippen LogP) is 4.31. The van der Waals surface area contributed by atoms with Crippen LogP contribution in [0.3, 0.4) is 0 Å². The van der Waals surface area contributed by atoms with Crippen LogP contribution in [-0.2, 0) is 19.1 Å². The summed E-state index contributed by atoms with van der Waals surface area (Å²) >= 11 is 1.58. The second-order valence-electron chi connectivity index (χ2n) is 6.72. The highest BCUT2D eigenvalue weighted by Gasteiger charge is 2.18. The molecule has 0 aliphatic carbocycles. The lowest BCUT2D eigenvalue weighted by atomic mass is 10.1. The van der Waals surface area contributed by atoms with Crippen molar-refractivity contribution < 1.29 is 19.1 Å². The Balaban J connectivity index is 1.75. The maximum absolute atomic E-state index is 12.2. The van der Waals surface area contributed by atoms with E-state index in [0.717, 1.165) is 4.90 Å². The Kier molecular flexibility index (Phi) is 8.27. The summed E-state index contributed by atoms with van der Waals surface area (Å²) in [4.78, 5) is 36.4. The summed E-state index contributed by atoms with van der Waals surface area (Å²) in [7, 11) is 0. The minimum atomic E-state index is -0.899. The van der Waals surface area contributed by atoms with Gasteiger partial charge in [0.25, 0.3) is 5.91 Å². The molecule has 0 aliphatic rings. The average Bonchev–Trinajstić information content (AvgIpc) is 2.65. The molecule has 29 heavy (non-hydrogen) atoms. The summed E-state index contributed by atoms with van der Waals surface area (Å²) in [5, 5.41) is 5.34. The van der Waals surface area contributed by atoms with E-state index in [0.29, 0.717) is 17.1 Å². The molecule has 0 aromatic heterocycles. The Morgan fingerprint density at radius 3 is 2.17 bits per heavy atom. The topological polar surface area (TPSA) is 84.5 Å². The third kappa shape index (κ3) is 7.62. The number of benzene rings is 2. The molecule has 0 spiro atoms. The smallest absolute Gasteiger partial charge is 0.307 e. The number of amides is 2. The first-order chi connectivity index (χ1) is 13.7. The van der Waals surface area contributed by atoms with Gasteiger partial charge in [-0.2, -0.15) is 0 Å². The van der Waals surface area contributed by atoms with Crippen molar-refractivity contribution >= 4 is 40.9 Å². The SMILES string of the molecule is CC(=O)Nc1ccc(NC(=O)[C@@H](C)OC(=O)CCSc2ccc(C)c(C)c2)cc1. The maximum Gasteiger partial charge on any atom is 0.307 e. The number of esters is 1. The van der Waals surface area contributed by atoms with E-state index < -0.39 is 18.0 Å². The second-order valence-corrected chi connectivity index (χ2v) is 7.89. The summed E-state index contributed by atoms with van der Waals surface area (Å²) in [6.07, 6.45) is -0.676. The molecule has 0 saturated heterocycles. The molecule has 2 aromatic carbocycles. The number of ether oxygens (including phenoxy) is 1. The van der Waals surface area contributed by atoms with Crippen LogP contribution >= 0.6 is 11.8 Å². The largest absolute Gasteiger partial charge is 0.453 e. The van der Waals surface area contributed by atoms with E-state index >= 15 is 0 Å². The first-order valence-electron chi connectivity index (χ1n) is 9.32. The number of hydrogen-bond acceptors (Lipinski definition) is 5. The number of aryl methyl sites for hydroxylation is 2. The van der Waals surface area contributed by atoms with Gasteiger partial charge in [-0.3, -0.25) is 14.4 Å². The molecule has 0 saturated carbocycles. The third-order valence-electron chi connectivity index (χ3n) is 4.20. The van der Waals surface area contributed by atoms with Gasteiger partial charge < -0.3 is 15.4 Å². The van der Waals surface area contributed by atoms with Crippen molar-refractivity contribution in [2.24, 2.45) is 0 Å². The Morgan fingerprint density at radius 1 is 0.966 bits per heavy atom. The molecule has 2 amide bonds. The lowest BCUT2D eigenvalue weighted by molar-refractivity contribution is -0.152. The predicted molar refractivity (Wildman–Crippen MR) is 116 cm³/mol. The van der Waals surface area contributed by atoms with Gasteiger partial charge in [-0.25, -0.2) is 0 Å². The van der Waals surface area contributed by atoms with Crippen LogP contribution in [0.2, 0.25) is 0 Å². The van der Waals surface area contributed by atoms with E-state index in [1.54, 1.807) is 36.0 Å². The molecule has 0 fully saturated rings. The maximum atomic E-state index is 12.2. The van der Waals surface area contributed by atoms with Crippen molar-refractivity contribution in [3.63, 3.8) is 0 Å². The molecule has 1 atom stereocenters. The number of anilines is 2. The van der Waals surface area contributed by atoms with E-state index in [9.17, 15) is 14.4 Å². The zero-order chi connectivity index (χ0) is 21.4. The molecular weight excluding hydrogens is 388 g/mol.